The molecule has 15 heteroatoms. The lowest BCUT2D eigenvalue weighted by Crippen LogP contribution is -2.57. The number of nitrogens with one attached hydrogen (secondary N) is 1. The van der Waals surface area contributed by atoms with Crippen molar-refractivity contribution in [2.24, 2.45) is 5.41 Å². The van der Waals surface area contributed by atoms with Crippen LogP contribution in [0.1, 0.15) is 71.3 Å². The van der Waals surface area contributed by atoms with Crippen LogP contribution >= 0.6 is 11.6 Å². The zero-order valence-corrected chi connectivity index (χ0v) is 32.5. The number of hydrogen-bond acceptors (Lipinski definition) is 12. The first kappa shape index (κ1) is 37.5. The van der Waals surface area contributed by atoms with Gasteiger partial charge in [0.25, 0.3) is 0 Å². The Kier molecular flexibility index (Phi) is 10.1. The zero-order chi connectivity index (χ0) is 37.9. The highest BCUT2D eigenvalue weighted by molar-refractivity contribution is 6.33. The van der Waals surface area contributed by atoms with E-state index in [1.165, 1.54) is 7.11 Å². The Morgan fingerprint density at radius 2 is 1.93 bits per heavy atom. The van der Waals surface area contributed by atoms with E-state index in [1.807, 2.05) is 6.92 Å². The molecule has 6 heterocycles. The highest BCUT2D eigenvalue weighted by Crippen LogP contribution is 2.50. The van der Waals surface area contributed by atoms with Gasteiger partial charge in [-0.15, -0.1) is 0 Å². The summed E-state index contributed by atoms with van der Waals surface area (Å²) in [7, 11) is 1.46. The van der Waals surface area contributed by atoms with Gasteiger partial charge in [0.1, 0.15) is 28.0 Å². The topological polar surface area (TPSA) is 151 Å². The van der Waals surface area contributed by atoms with Crippen molar-refractivity contribution in [2.75, 3.05) is 51.5 Å². The SMILES string of the molecule is COc1nc(-c2c(C)c(Cl)cc3[nH]ncc23)c(F)c2nc(OCC34CCCC3N(C3CC(C)OC(C)C3)CCC4)nc(N3CC(CO)OCC(C)(O)C3)c12. The van der Waals surface area contributed by atoms with Gasteiger partial charge in [0, 0.05) is 40.0 Å². The lowest BCUT2D eigenvalue weighted by molar-refractivity contribution is -0.0967. The number of hydrogen-bond donors (Lipinski definition) is 3. The molecule has 3 N–H and O–H groups in total. The van der Waals surface area contributed by atoms with Crippen molar-refractivity contribution in [2.45, 2.75) is 109 Å². The predicted octanol–water partition coefficient (Wildman–Crippen LogP) is 5.60. The molecule has 54 heavy (non-hydrogen) atoms. The summed E-state index contributed by atoms with van der Waals surface area (Å²) in [5, 5.41) is 29.9. The second-order valence-electron chi connectivity index (χ2n) is 16.3. The minimum Gasteiger partial charge on any atom is -0.480 e. The van der Waals surface area contributed by atoms with Crippen LogP contribution in [-0.2, 0) is 9.47 Å². The molecule has 0 radical (unpaired) electrons. The molecule has 0 bridgehead atoms. The number of aromatic nitrogens is 5. The number of H-pyrrole nitrogens is 1. The Balaban J connectivity index is 1.24. The molecule has 1 aromatic carbocycles. The maximum absolute atomic E-state index is 17.4. The maximum Gasteiger partial charge on any atom is 0.319 e. The fourth-order valence-corrected chi connectivity index (χ4v) is 10.00. The second-order valence-corrected chi connectivity index (χ2v) is 16.7. The number of fused-ring (bicyclic) bond motifs is 3. The Morgan fingerprint density at radius 1 is 1.15 bits per heavy atom. The number of aromatic amines is 1. The van der Waals surface area contributed by atoms with Gasteiger partial charge < -0.3 is 34.1 Å². The lowest BCUT2D eigenvalue weighted by atomic mass is 9.74. The predicted molar refractivity (Wildman–Crippen MR) is 203 cm³/mol. The van der Waals surface area contributed by atoms with Gasteiger partial charge in [-0.05, 0) is 84.4 Å². The molecule has 1 aliphatic carbocycles. The van der Waals surface area contributed by atoms with Crippen molar-refractivity contribution in [3.63, 3.8) is 0 Å². The van der Waals surface area contributed by atoms with E-state index in [4.69, 9.17) is 45.5 Å². The molecule has 6 atom stereocenters. The summed E-state index contributed by atoms with van der Waals surface area (Å²) in [5.74, 6) is -0.352. The molecule has 0 amide bonds. The van der Waals surface area contributed by atoms with E-state index in [1.54, 1.807) is 24.1 Å². The standard InChI is InChI=1S/C39H51ClFN7O6/c1-21-12-24(13-22(2)54-21)48-11-7-10-39(9-6-8-29(39)48)20-53-37-44-34-31(35(45-37)47-16-25(17-49)52-19-38(4,50)18-47)36(51-5)43-33(32(34)41)30-23(3)27(40)14-28-26(30)15-42-46-28/h14-15,21-22,24-25,29,49-50H,6-13,16-20H2,1-5H3,(H,42,46). The largest absolute Gasteiger partial charge is 0.480 e. The number of pyridine rings is 1. The number of nitrogens with zero attached hydrogens (tertiary/aromatic N) is 6. The molecule has 13 nitrogen and oxygen atoms in total. The molecule has 0 spiro atoms. The third kappa shape index (κ3) is 6.76. The Morgan fingerprint density at radius 3 is 2.69 bits per heavy atom. The summed E-state index contributed by atoms with van der Waals surface area (Å²) in [6.45, 7) is 9.20. The molecular formula is C39H51ClFN7O6. The van der Waals surface area contributed by atoms with Crippen molar-refractivity contribution < 1.29 is 33.6 Å². The fourth-order valence-electron chi connectivity index (χ4n) is 9.79. The van der Waals surface area contributed by atoms with Crippen LogP contribution in [0.4, 0.5) is 10.2 Å². The van der Waals surface area contributed by atoms with E-state index in [0.29, 0.717) is 45.7 Å². The number of likely N-dealkylation sites (tertiary alicyclic amines) is 1. The molecule has 3 aliphatic heterocycles. The first-order chi connectivity index (χ1) is 25.9. The second kappa shape index (κ2) is 14.6. The minimum atomic E-state index is -1.31. The van der Waals surface area contributed by atoms with Crippen molar-refractivity contribution in [3.05, 3.63) is 28.7 Å². The molecule has 4 fully saturated rings. The van der Waals surface area contributed by atoms with Crippen LogP contribution < -0.4 is 14.4 Å². The lowest BCUT2D eigenvalue weighted by Gasteiger charge is -2.51. The van der Waals surface area contributed by atoms with E-state index >= 15 is 4.39 Å². The van der Waals surface area contributed by atoms with Gasteiger partial charge in [-0.1, -0.05) is 18.0 Å². The van der Waals surface area contributed by atoms with Crippen LogP contribution in [0.15, 0.2) is 12.3 Å². The van der Waals surface area contributed by atoms with Gasteiger partial charge >= 0.3 is 6.01 Å². The summed E-state index contributed by atoms with van der Waals surface area (Å²) in [4.78, 5) is 19.0. The maximum atomic E-state index is 17.4. The normalized spacial score (nSPS) is 30.8. The highest BCUT2D eigenvalue weighted by Gasteiger charge is 2.51. The number of ether oxygens (including phenoxy) is 4. The zero-order valence-electron chi connectivity index (χ0n) is 31.7. The van der Waals surface area contributed by atoms with E-state index in [2.05, 4.69) is 28.9 Å². The van der Waals surface area contributed by atoms with Crippen LogP contribution in [0.25, 0.3) is 33.1 Å². The number of aliphatic hydroxyl groups excluding tert-OH is 1. The number of anilines is 1. The van der Waals surface area contributed by atoms with Gasteiger partial charge in [-0.2, -0.15) is 15.1 Å². The third-order valence-electron chi connectivity index (χ3n) is 12.2. The number of benzene rings is 1. The summed E-state index contributed by atoms with van der Waals surface area (Å²) >= 11 is 6.65. The number of methoxy groups -OCH3 is 1. The van der Waals surface area contributed by atoms with Gasteiger partial charge in [-0.3, -0.25) is 10.00 Å². The average Bonchev–Trinajstić information content (AvgIpc) is 3.76. The number of halogens is 2. The van der Waals surface area contributed by atoms with Crippen LogP contribution in [0.3, 0.4) is 0 Å². The van der Waals surface area contributed by atoms with Crippen LogP contribution in [0.5, 0.6) is 11.9 Å². The molecule has 3 saturated heterocycles. The third-order valence-corrected chi connectivity index (χ3v) is 12.5. The highest BCUT2D eigenvalue weighted by atomic mass is 35.5. The van der Waals surface area contributed by atoms with Gasteiger partial charge in [0.05, 0.1) is 63.5 Å². The van der Waals surface area contributed by atoms with E-state index in [9.17, 15) is 10.2 Å². The van der Waals surface area contributed by atoms with Crippen molar-refractivity contribution in [3.8, 4) is 23.1 Å². The van der Waals surface area contributed by atoms with Crippen molar-refractivity contribution >= 4 is 39.2 Å². The smallest absolute Gasteiger partial charge is 0.319 e. The number of rotatable bonds is 8. The molecule has 1 saturated carbocycles. The molecule has 6 unspecified atom stereocenters. The quantitative estimate of drug-likeness (QED) is 0.205. The van der Waals surface area contributed by atoms with Crippen LogP contribution in [0.2, 0.25) is 5.02 Å². The van der Waals surface area contributed by atoms with E-state index in [-0.39, 0.29) is 78.2 Å². The van der Waals surface area contributed by atoms with E-state index in [0.717, 1.165) is 51.5 Å². The first-order valence-electron chi connectivity index (χ1n) is 19.2. The summed E-state index contributed by atoms with van der Waals surface area (Å²) in [6.07, 6.45) is 8.78. The molecule has 8 rings (SSSR count). The Bertz CT molecular complexity index is 2020. The molecule has 4 aromatic rings. The van der Waals surface area contributed by atoms with Crippen LogP contribution in [0, 0.1) is 18.2 Å². The Hall–Kier alpha value is -3.40. The van der Waals surface area contributed by atoms with Crippen LogP contribution in [-0.4, -0.2) is 123 Å². The summed E-state index contributed by atoms with van der Waals surface area (Å²) < 4.78 is 41.9. The molecule has 3 aromatic heterocycles. The van der Waals surface area contributed by atoms with E-state index < -0.39 is 17.5 Å². The number of piperidine rings is 1. The molecular weight excluding hydrogens is 717 g/mol. The van der Waals surface area contributed by atoms with Gasteiger partial charge in [0.2, 0.25) is 5.88 Å². The average molecular weight is 768 g/mol. The summed E-state index contributed by atoms with van der Waals surface area (Å²) in [6, 6.07) is 2.58. The van der Waals surface area contributed by atoms with Crippen molar-refractivity contribution in [1.82, 2.24) is 30.0 Å². The molecule has 292 valence electrons. The molecule has 4 aliphatic rings. The summed E-state index contributed by atoms with van der Waals surface area (Å²) in [5.41, 5.74) is 0.252. The van der Waals surface area contributed by atoms with Crippen molar-refractivity contribution in [1.29, 1.82) is 0 Å². The first-order valence-corrected chi connectivity index (χ1v) is 19.6. The number of β-amino-alcohol motifs (C(OH)–C–C–N with tert-alkyl or cyclic N) is 1. The van der Waals surface area contributed by atoms with Gasteiger partial charge in [-0.25, -0.2) is 9.37 Å². The Labute approximate surface area is 319 Å². The monoisotopic (exact) mass is 767 g/mol. The minimum absolute atomic E-state index is 0.00178. The number of aliphatic hydroxyl groups is 2. The van der Waals surface area contributed by atoms with Gasteiger partial charge in [0.15, 0.2) is 5.82 Å². The fraction of sp³-hybridized carbons (Fsp3) is 0.641.